The third-order valence-electron chi connectivity index (χ3n) is 2.41. The second-order valence-electron chi connectivity index (χ2n) is 3.57. The highest BCUT2D eigenvalue weighted by molar-refractivity contribution is 5.70. The van der Waals surface area contributed by atoms with E-state index >= 15 is 0 Å². The van der Waals surface area contributed by atoms with Crippen molar-refractivity contribution in [3.05, 3.63) is 35.6 Å². The van der Waals surface area contributed by atoms with Crippen molar-refractivity contribution in [2.24, 2.45) is 5.92 Å². The van der Waals surface area contributed by atoms with Gasteiger partial charge in [0.25, 0.3) is 0 Å². The van der Waals surface area contributed by atoms with Gasteiger partial charge in [-0.25, -0.2) is 4.39 Å². The Kier molecular flexibility index (Phi) is 4.53. The van der Waals surface area contributed by atoms with Gasteiger partial charge in [0.15, 0.2) is 0 Å². The first-order valence-electron chi connectivity index (χ1n) is 5.05. The number of halogens is 1. The number of carboxylic acid groups (broad SMARTS) is 1. The van der Waals surface area contributed by atoms with Crippen LogP contribution in [0, 0.1) is 24.1 Å². The van der Waals surface area contributed by atoms with E-state index in [2.05, 4.69) is 5.92 Å². The highest BCUT2D eigenvalue weighted by atomic mass is 19.1. The summed E-state index contributed by atoms with van der Waals surface area (Å²) in [6.07, 6.45) is 6.04. The minimum Gasteiger partial charge on any atom is -0.481 e. The molecule has 1 aromatic rings. The Morgan fingerprint density at radius 3 is 2.75 bits per heavy atom. The van der Waals surface area contributed by atoms with Crippen molar-refractivity contribution in [1.29, 1.82) is 0 Å². The molecule has 0 aliphatic carbocycles. The molecule has 1 unspecified atom stereocenters. The predicted octanol–water partition coefficient (Wildman–Crippen LogP) is 2.48. The predicted molar refractivity (Wildman–Crippen MR) is 59.3 cm³/mol. The van der Waals surface area contributed by atoms with Crippen molar-refractivity contribution in [3.63, 3.8) is 0 Å². The number of rotatable bonds is 5. The lowest BCUT2D eigenvalue weighted by Crippen LogP contribution is -2.17. The molecule has 0 amide bonds. The van der Waals surface area contributed by atoms with Gasteiger partial charge in [0.2, 0.25) is 0 Å². The Bertz CT molecular complexity index is 407. The lowest BCUT2D eigenvalue weighted by atomic mass is 9.95. The topological polar surface area (TPSA) is 37.3 Å². The second-order valence-corrected chi connectivity index (χ2v) is 3.57. The van der Waals surface area contributed by atoms with E-state index in [0.717, 1.165) is 0 Å². The molecule has 16 heavy (non-hydrogen) atoms. The van der Waals surface area contributed by atoms with Gasteiger partial charge in [0, 0.05) is 6.42 Å². The summed E-state index contributed by atoms with van der Waals surface area (Å²) in [6.45, 7) is 0. The maximum Gasteiger partial charge on any atom is 0.306 e. The summed E-state index contributed by atoms with van der Waals surface area (Å²) in [5, 5.41) is 8.96. The van der Waals surface area contributed by atoms with E-state index in [1.807, 2.05) is 0 Å². The fraction of sp³-hybridized carbons (Fsp3) is 0.308. The van der Waals surface area contributed by atoms with Crippen LogP contribution in [0.5, 0.6) is 0 Å². The maximum atomic E-state index is 13.3. The zero-order valence-electron chi connectivity index (χ0n) is 8.82. The van der Waals surface area contributed by atoms with E-state index in [9.17, 15) is 9.18 Å². The lowest BCUT2D eigenvalue weighted by molar-refractivity contribution is -0.141. The number of carboxylic acids is 1. The Morgan fingerprint density at radius 2 is 2.19 bits per heavy atom. The van der Waals surface area contributed by atoms with Crippen molar-refractivity contribution in [3.8, 4) is 12.3 Å². The fourth-order valence-corrected chi connectivity index (χ4v) is 1.50. The van der Waals surface area contributed by atoms with Gasteiger partial charge in [-0.3, -0.25) is 4.79 Å². The normalized spacial score (nSPS) is 11.8. The molecule has 0 fully saturated rings. The van der Waals surface area contributed by atoms with Gasteiger partial charge in [-0.05, 0) is 24.5 Å². The molecule has 0 bridgehead atoms. The van der Waals surface area contributed by atoms with Crippen molar-refractivity contribution in [1.82, 2.24) is 0 Å². The van der Waals surface area contributed by atoms with Crippen LogP contribution in [0.3, 0.4) is 0 Å². The van der Waals surface area contributed by atoms with Crippen molar-refractivity contribution < 1.29 is 14.3 Å². The third-order valence-corrected chi connectivity index (χ3v) is 2.41. The molecular weight excluding hydrogens is 207 g/mol. The largest absolute Gasteiger partial charge is 0.481 e. The highest BCUT2D eigenvalue weighted by Crippen LogP contribution is 2.16. The van der Waals surface area contributed by atoms with E-state index in [1.54, 1.807) is 18.2 Å². The molecule has 0 saturated carbocycles. The van der Waals surface area contributed by atoms with Crippen molar-refractivity contribution in [2.45, 2.75) is 19.3 Å². The summed E-state index contributed by atoms with van der Waals surface area (Å²) >= 11 is 0. The zero-order valence-corrected chi connectivity index (χ0v) is 8.82. The van der Waals surface area contributed by atoms with E-state index < -0.39 is 11.9 Å². The molecule has 0 aliphatic rings. The van der Waals surface area contributed by atoms with E-state index in [0.29, 0.717) is 18.4 Å². The second kappa shape index (κ2) is 5.92. The first-order chi connectivity index (χ1) is 7.65. The number of terminal acetylenes is 1. The molecule has 1 atom stereocenters. The van der Waals surface area contributed by atoms with Gasteiger partial charge in [0.1, 0.15) is 5.82 Å². The SMILES string of the molecule is C#CCCC(Cc1ccccc1F)C(=O)O. The minimum absolute atomic E-state index is 0.184. The van der Waals surface area contributed by atoms with Crippen LogP contribution in [0.4, 0.5) is 4.39 Å². The zero-order chi connectivity index (χ0) is 12.0. The van der Waals surface area contributed by atoms with Crippen LogP contribution in [0.25, 0.3) is 0 Å². The van der Waals surface area contributed by atoms with Gasteiger partial charge in [0.05, 0.1) is 5.92 Å². The van der Waals surface area contributed by atoms with Gasteiger partial charge >= 0.3 is 5.97 Å². The number of aliphatic carboxylic acids is 1. The summed E-state index contributed by atoms with van der Waals surface area (Å²) in [4.78, 5) is 10.9. The molecule has 2 nitrogen and oxygen atoms in total. The molecule has 0 radical (unpaired) electrons. The molecule has 0 heterocycles. The molecule has 0 aliphatic heterocycles. The van der Waals surface area contributed by atoms with Crippen LogP contribution in [0.15, 0.2) is 24.3 Å². The molecule has 1 aromatic carbocycles. The quantitative estimate of drug-likeness (QED) is 0.774. The molecule has 1 N–H and O–H groups in total. The smallest absolute Gasteiger partial charge is 0.306 e. The van der Waals surface area contributed by atoms with E-state index in [-0.39, 0.29) is 12.2 Å². The van der Waals surface area contributed by atoms with Crippen LogP contribution >= 0.6 is 0 Å². The standard InChI is InChI=1S/C13H13FO2/c1-2-3-6-11(13(15)16)9-10-7-4-5-8-12(10)14/h1,4-5,7-8,11H,3,6,9H2,(H,15,16). The Balaban J connectivity index is 2.72. The first kappa shape index (κ1) is 12.3. The monoisotopic (exact) mass is 220 g/mol. The molecule has 84 valence electrons. The fourth-order valence-electron chi connectivity index (χ4n) is 1.50. The van der Waals surface area contributed by atoms with Crippen LogP contribution in [-0.4, -0.2) is 11.1 Å². The van der Waals surface area contributed by atoms with Crippen molar-refractivity contribution in [2.75, 3.05) is 0 Å². The van der Waals surface area contributed by atoms with E-state index in [1.165, 1.54) is 6.07 Å². The van der Waals surface area contributed by atoms with Crippen molar-refractivity contribution >= 4 is 5.97 Å². The average Bonchev–Trinajstić information content (AvgIpc) is 2.26. The molecule has 3 heteroatoms. The lowest BCUT2D eigenvalue weighted by Gasteiger charge is -2.11. The van der Waals surface area contributed by atoms with Gasteiger partial charge < -0.3 is 5.11 Å². The molecule has 0 aromatic heterocycles. The van der Waals surface area contributed by atoms with Crippen LogP contribution < -0.4 is 0 Å². The first-order valence-corrected chi connectivity index (χ1v) is 5.05. The molecule has 0 saturated heterocycles. The number of carbonyl (C=O) groups is 1. The Hall–Kier alpha value is -1.82. The van der Waals surface area contributed by atoms with Gasteiger partial charge in [-0.2, -0.15) is 0 Å². The summed E-state index contributed by atoms with van der Waals surface area (Å²) < 4.78 is 13.3. The Morgan fingerprint density at radius 1 is 1.50 bits per heavy atom. The number of hydrogen-bond donors (Lipinski definition) is 1. The number of hydrogen-bond acceptors (Lipinski definition) is 1. The summed E-state index contributed by atoms with van der Waals surface area (Å²) in [5.41, 5.74) is 0.423. The molecule has 1 rings (SSSR count). The van der Waals surface area contributed by atoms with Crippen LogP contribution in [0.1, 0.15) is 18.4 Å². The Labute approximate surface area is 94.1 Å². The molecular formula is C13H13FO2. The summed E-state index contributed by atoms with van der Waals surface area (Å²) in [6, 6.07) is 6.20. The average molecular weight is 220 g/mol. The van der Waals surface area contributed by atoms with E-state index in [4.69, 9.17) is 11.5 Å². The number of benzene rings is 1. The molecule has 0 spiro atoms. The summed E-state index contributed by atoms with van der Waals surface area (Å²) in [7, 11) is 0. The maximum absolute atomic E-state index is 13.3. The van der Waals surface area contributed by atoms with Gasteiger partial charge in [-0.15, -0.1) is 12.3 Å². The van der Waals surface area contributed by atoms with Gasteiger partial charge in [-0.1, -0.05) is 18.2 Å². The van der Waals surface area contributed by atoms with Crippen LogP contribution in [-0.2, 0) is 11.2 Å². The van der Waals surface area contributed by atoms with Crippen LogP contribution in [0.2, 0.25) is 0 Å². The third kappa shape index (κ3) is 3.39. The minimum atomic E-state index is -0.932. The highest BCUT2D eigenvalue weighted by Gasteiger charge is 2.18. The summed E-state index contributed by atoms with van der Waals surface area (Å²) in [5.74, 6) is 0.481.